The van der Waals surface area contributed by atoms with E-state index in [9.17, 15) is 9.18 Å². The van der Waals surface area contributed by atoms with Crippen molar-refractivity contribution in [1.29, 1.82) is 0 Å². The first kappa shape index (κ1) is 16.8. The molecule has 21 heavy (non-hydrogen) atoms. The van der Waals surface area contributed by atoms with E-state index < -0.39 is 23.9 Å². The van der Waals surface area contributed by atoms with Crippen LogP contribution in [0.15, 0.2) is 6.20 Å². The zero-order valence-electron chi connectivity index (χ0n) is 12.1. The zero-order valence-corrected chi connectivity index (χ0v) is 15.1. The van der Waals surface area contributed by atoms with E-state index >= 15 is 0 Å². The molecule has 0 saturated carbocycles. The lowest BCUT2D eigenvalue weighted by Crippen LogP contribution is -2.47. The van der Waals surface area contributed by atoms with Crippen molar-refractivity contribution in [3.05, 3.63) is 14.9 Å². The molecule has 1 aliphatic rings. The number of piperidine rings is 1. The fourth-order valence-electron chi connectivity index (χ4n) is 2.22. The topological polar surface area (TPSA) is 47.4 Å². The van der Waals surface area contributed by atoms with E-state index in [1.54, 1.807) is 27.0 Å². The maximum atomic E-state index is 14.4. The fourth-order valence-corrected chi connectivity index (χ4v) is 2.81. The summed E-state index contributed by atoms with van der Waals surface area (Å²) in [7, 11) is 0. The SMILES string of the molecule is CC(C)(C)OC(=O)N1CC[C@H](n2ncc(I)c2Cl)[C@@H](F)C1. The van der Waals surface area contributed by atoms with Crippen LogP contribution in [0, 0.1) is 3.57 Å². The molecule has 0 bridgehead atoms. The fraction of sp³-hybridized carbons (Fsp3) is 0.692. The highest BCUT2D eigenvalue weighted by Gasteiger charge is 2.35. The van der Waals surface area contributed by atoms with Gasteiger partial charge in [-0.25, -0.2) is 13.9 Å². The van der Waals surface area contributed by atoms with Gasteiger partial charge < -0.3 is 9.64 Å². The van der Waals surface area contributed by atoms with Crippen LogP contribution in [0.5, 0.6) is 0 Å². The van der Waals surface area contributed by atoms with Crippen molar-refractivity contribution < 1.29 is 13.9 Å². The minimum absolute atomic E-state index is 0.00759. The zero-order chi connectivity index (χ0) is 15.8. The first-order valence-electron chi connectivity index (χ1n) is 6.69. The molecule has 1 saturated heterocycles. The Hall–Kier alpha value is -0.570. The second kappa shape index (κ2) is 6.28. The maximum Gasteiger partial charge on any atom is 0.410 e. The Balaban J connectivity index is 2.02. The number of alkyl halides is 1. The van der Waals surface area contributed by atoms with Gasteiger partial charge in [0.1, 0.15) is 16.9 Å². The quantitative estimate of drug-likeness (QED) is 0.640. The number of hydrogen-bond acceptors (Lipinski definition) is 3. The van der Waals surface area contributed by atoms with Crippen LogP contribution in [-0.4, -0.2) is 45.6 Å². The van der Waals surface area contributed by atoms with Gasteiger partial charge in [-0.2, -0.15) is 5.10 Å². The van der Waals surface area contributed by atoms with E-state index in [2.05, 4.69) is 27.7 Å². The molecule has 0 radical (unpaired) electrons. The van der Waals surface area contributed by atoms with E-state index in [-0.39, 0.29) is 6.54 Å². The van der Waals surface area contributed by atoms with Gasteiger partial charge in [-0.1, -0.05) is 11.6 Å². The number of likely N-dealkylation sites (tertiary alicyclic amines) is 1. The van der Waals surface area contributed by atoms with Gasteiger partial charge in [0.15, 0.2) is 0 Å². The highest BCUT2D eigenvalue weighted by molar-refractivity contribution is 14.1. The lowest BCUT2D eigenvalue weighted by molar-refractivity contribution is 0.00579. The maximum absolute atomic E-state index is 14.4. The van der Waals surface area contributed by atoms with Crippen LogP contribution in [0.2, 0.25) is 5.15 Å². The normalized spacial score (nSPS) is 23.2. The molecule has 1 aliphatic heterocycles. The molecule has 0 aliphatic carbocycles. The predicted molar refractivity (Wildman–Crippen MR) is 86.3 cm³/mol. The molecule has 0 spiro atoms. The Labute approximate surface area is 141 Å². The lowest BCUT2D eigenvalue weighted by atomic mass is 10.0. The summed E-state index contributed by atoms with van der Waals surface area (Å²) < 4.78 is 21.9. The lowest BCUT2D eigenvalue weighted by Gasteiger charge is -2.35. The Morgan fingerprint density at radius 1 is 1.57 bits per heavy atom. The number of ether oxygens (including phenoxy) is 1. The number of carbonyl (C=O) groups excluding carboxylic acids is 1. The van der Waals surface area contributed by atoms with Gasteiger partial charge in [0.2, 0.25) is 0 Å². The Morgan fingerprint density at radius 2 is 2.24 bits per heavy atom. The number of halogens is 3. The second-order valence-electron chi connectivity index (χ2n) is 6.03. The van der Waals surface area contributed by atoms with Crippen molar-refractivity contribution in [2.24, 2.45) is 0 Å². The number of carbonyl (C=O) groups is 1. The first-order valence-corrected chi connectivity index (χ1v) is 8.15. The van der Waals surface area contributed by atoms with Gasteiger partial charge >= 0.3 is 6.09 Å². The van der Waals surface area contributed by atoms with E-state index in [0.29, 0.717) is 18.1 Å². The molecule has 0 aromatic carbocycles. The van der Waals surface area contributed by atoms with Crippen LogP contribution >= 0.6 is 34.2 Å². The predicted octanol–water partition coefficient (Wildman–Crippen LogP) is 3.66. The number of hydrogen-bond donors (Lipinski definition) is 0. The average Bonchev–Trinajstić information content (AvgIpc) is 2.68. The minimum Gasteiger partial charge on any atom is -0.444 e. The van der Waals surface area contributed by atoms with Crippen LogP contribution in [-0.2, 0) is 4.74 Å². The van der Waals surface area contributed by atoms with Crippen molar-refractivity contribution in [3.63, 3.8) is 0 Å². The second-order valence-corrected chi connectivity index (χ2v) is 7.55. The molecule has 118 valence electrons. The Morgan fingerprint density at radius 3 is 2.71 bits per heavy atom. The summed E-state index contributed by atoms with van der Waals surface area (Å²) in [5, 5.41) is 4.56. The van der Waals surface area contributed by atoms with E-state index in [1.165, 1.54) is 9.58 Å². The summed E-state index contributed by atoms with van der Waals surface area (Å²) in [6.07, 6.45) is 0.359. The van der Waals surface area contributed by atoms with Crippen molar-refractivity contribution in [1.82, 2.24) is 14.7 Å². The molecule has 2 atom stereocenters. The van der Waals surface area contributed by atoms with Crippen molar-refractivity contribution in [3.8, 4) is 0 Å². The van der Waals surface area contributed by atoms with E-state index in [4.69, 9.17) is 16.3 Å². The molecule has 0 unspecified atom stereocenters. The summed E-state index contributed by atoms with van der Waals surface area (Å²) >= 11 is 8.17. The summed E-state index contributed by atoms with van der Waals surface area (Å²) in [5.74, 6) is 0. The molecule has 1 aromatic rings. The third kappa shape index (κ3) is 4.00. The van der Waals surface area contributed by atoms with Gasteiger partial charge in [0, 0.05) is 6.54 Å². The number of nitrogens with zero attached hydrogens (tertiary/aromatic N) is 3. The molecule has 1 amide bonds. The van der Waals surface area contributed by atoms with Crippen LogP contribution in [0.4, 0.5) is 9.18 Å². The minimum atomic E-state index is -1.22. The first-order chi connectivity index (χ1) is 9.69. The molecule has 2 heterocycles. The monoisotopic (exact) mass is 429 g/mol. The van der Waals surface area contributed by atoms with E-state index in [0.717, 1.165) is 3.57 Å². The van der Waals surface area contributed by atoms with Gasteiger partial charge in [0.25, 0.3) is 0 Å². The standard InChI is InChI=1S/C13H18ClFIN3O2/c1-13(2,3)21-12(20)18-5-4-10(8(15)7-18)19-11(14)9(16)6-17-19/h6,8,10H,4-5,7H2,1-3H3/t8-,10-/m0/s1. The van der Waals surface area contributed by atoms with Gasteiger partial charge in [-0.05, 0) is 49.8 Å². The van der Waals surface area contributed by atoms with Crippen molar-refractivity contribution >= 4 is 40.3 Å². The van der Waals surface area contributed by atoms with Gasteiger partial charge in [-0.15, -0.1) is 0 Å². The van der Waals surface area contributed by atoms with E-state index in [1.807, 2.05) is 0 Å². The number of amides is 1. The summed E-state index contributed by atoms with van der Waals surface area (Å²) in [6.45, 7) is 5.78. The average molecular weight is 430 g/mol. The van der Waals surface area contributed by atoms with Crippen LogP contribution in [0.25, 0.3) is 0 Å². The summed E-state index contributed by atoms with van der Waals surface area (Å²) in [4.78, 5) is 13.4. The number of rotatable bonds is 1. The van der Waals surface area contributed by atoms with Crippen LogP contribution in [0.3, 0.4) is 0 Å². The third-order valence-electron chi connectivity index (χ3n) is 3.17. The molecule has 0 N–H and O–H groups in total. The van der Waals surface area contributed by atoms with Crippen molar-refractivity contribution in [2.45, 2.75) is 45.0 Å². The number of aromatic nitrogens is 2. The summed E-state index contributed by atoms with van der Waals surface area (Å²) in [5.41, 5.74) is -0.582. The molecule has 1 aromatic heterocycles. The molecular formula is C13H18ClFIN3O2. The smallest absolute Gasteiger partial charge is 0.410 e. The van der Waals surface area contributed by atoms with Crippen LogP contribution < -0.4 is 0 Å². The summed E-state index contributed by atoms with van der Waals surface area (Å²) in [6, 6.07) is -0.445. The Kier molecular flexibility index (Phi) is 5.02. The largest absolute Gasteiger partial charge is 0.444 e. The molecule has 5 nitrogen and oxygen atoms in total. The highest BCUT2D eigenvalue weighted by atomic mass is 127. The molecule has 1 fully saturated rings. The molecular weight excluding hydrogens is 412 g/mol. The molecule has 2 rings (SSSR count). The third-order valence-corrected chi connectivity index (χ3v) is 4.65. The van der Waals surface area contributed by atoms with Crippen molar-refractivity contribution in [2.75, 3.05) is 13.1 Å². The highest BCUT2D eigenvalue weighted by Crippen LogP contribution is 2.30. The Bertz CT molecular complexity index is 532. The molecule has 8 heteroatoms. The van der Waals surface area contributed by atoms with Crippen LogP contribution in [0.1, 0.15) is 33.2 Å². The van der Waals surface area contributed by atoms with Gasteiger partial charge in [-0.3, -0.25) is 0 Å². The van der Waals surface area contributed by atoms with Gasteiger partial charge in [0.05, 0.1) is 22.4 Å².